The van der Waals surface area contributed by atoms with Gasteiger partial charge in [-0.25, -0.2) is 0 Å². The van der Waals surface area contributed by atoms with Crippen molar-refractivity contribution in [2.45, 2.75) is 44.3 Å². The van der Waals surface area contributed by atoms with Crippen LogP contribution in [0.2, 0.25) is 5.02 Å². The second-order valence-electron chi connectivity index (χ2n) is 7.37. The van der Waals surface area contributed by atoms with E-state index in [4.69, 9.17) is 22.1 Å². The highest BCUT2D eigenvalue weighted by Crippen LogP contribution is 2.41. The number of carbonyl (C=O) groups is 1. The van der Waals surface area contributed by atoms with Gasteiger partial charge >= 0.3 is 0 Å². The van der Waals surface area contributed by atoms with E-state index in [0.29, 0.717) is 34.2 Å². The van der Waals surface area contributed by atoms with Gasteiger partial charge in [-0.05, 0) is 43.2 Å². The number of fused-ring (bicyclic) bond motifs is 2. The van der Waals surface area contributed by atoms with Crippen molar-refractivity contribution >= 4 is 40.2 Å². The smallest absolute Gasteiger partial charge is 0.227 e. The standard InChI is InChI=1S/C20H24ClN3O2S/c1-26-19-10-17(22)16(21)9-18(19)23-20(25)12-7-13-4-5-14(8-12)24(13)11-15-3-2-6-27-15/h2-3,6,9-10,12-14H,4-5,7-8,11,22H2,1H3,(H,23,25). The number of anilines is 2. The van der Waals surface area contributed by atoms with Crippen LogP contribution in [0.5, 0.6) is 5.75 Å². The summed E-state index contributed by atoms with van der Waals surface area (Å²) in [5.41, 5.74) is 6.84. The summed E-state index contributed by atoms with van der Waals surface area (Å²) < 4.78 is 5.34. The highest BCUT2D eigenvalue weighted by molar-refractivity contribution is 7.09. The number of nitrogens with one attached hydrogen (secondary N) is 1. The minimum absolute atomic E-state index is 0.0168. The number of thiophene rings is 1. The Morgan fingerprint density at radius 1 is 1.37 bits per heavy atom. The van der Waals surface area contributed by atoms with Gasteiger partial charge in [0.05, 0.1) is 23.5 Å². The minimum Gasteiger partial charge on any atom is -0.494 e. The van der Waals surface area contributed by atoms with Gasteiger partial charge < -0.3 is 15.8 Å². The number of ether oxygens (including phenoxy) is 1. The number of hydrogen-bond acceptors (Lipinski definition) is 5. The molecule has 0 saturated carbocycles. The lowest BCUT2D eigenvalue weighted by atomic mass is 9.89. The Morgan fingerprint density at radius 2 is 2.11 bits per heavy atom. The molecule has 4 rings (SSSR count). The first-order valence-electron chi connectivity index (χ1n) is 9.27. The highest BCUT2D eigenvalue weighted by atomic mass is 35.5. The normalized spacial score (nSPS) is 24.7. The predicted octanol–water partition coefficient (Wildman–Crippen LogP) is 4.37. The van der Waals surface area contributed by atoms with Crippen LogP contribution < -0.4 is 15.8 Å². The Morgan fingerprint density at radius 3 is 2.74 bits per heavy atom. The number of amides is 1. The van der Waals surface area contributed by atoms with Gasteiger partial charge in [0.25, 0.3) is 0 Å². The van der Waals surface area contributed by atoms with Gasteiger partial charge in [0.1, 0.15) is 5.75 Å². The van der Waals surface area contributed by atoms with E-state index in [-0.39, 0.29) is 11.8 Å². The SMILES string of the molecule is COc1cc(N)c(Cl)cc1NC(=O)C1CC2CCC(C1)N2Cc1cccs1. The largest absolute Gasteiger partial charge is 0.494 e. The molecule has 5 nitrogen and oxygen atoms in total. The molecule has 2 fully saturated rings. The molecule has 27 heavy (non-hydrogen) atoms. The Bertz CT molecular complexity index is 813. The fourth-order valence-corrected chi connectivity index (χ4v) is 5.28. The monoisotopic (exact) mass is 405 g/mol. The molecule has 1 amide bonds. The molecule has 3 heterocycles. The van der Waals surface area contributed by atoms with E-state index < -0.39 is 0 Å². The second-order valence-corrected chi connectivity index (χ2v) is 8.81. The van der Waals surface area contributed by atoms with Crippen LogP contribution in [-0.4, -0.2) is 30.0 Å². The lowest BCUT2D eigenvalue weighted by molar-refractivity contribution is -0.122. The molecule has 2 saturated heterocycles. The number of halogens is 1. The molecule has 144 valence electrons. The maximum absolute atomic E-state index is 12.9. The van der Waals surface area contributed by atoms with Crippen molar-refractivity contribution in [3.63, 3.8) is 0 Å². The van der Waals surface area contributed by atoms with Crippen molar-refractivity contribution in [2.24, 2.45) is 5.92 Å². The number of nitrogens with two attached hydrogens (primary N) is 1. The first-order valence-corrected chi connectivity index (χ1v) is 10.5. The van der Waals surface area contributed by atoms with E-state index in [1.807, 2.05) is 0 Å². The zero-order valence-electron chi connectivity index (χ0n) is 15.3. The molecule has 1 aromatic heterocycles. The molecule has 1 aromatic carbocycles. The van der Waals surface area contributed by atoms with Crippen LogP contribution in [0, 0.1) is 5.92 Å². The van der Waals surface area contributed by atoms with Crippen molar-refractivity contribution in [1.82, 2.24) is 4.90 Å². The zero-order valence-corrected chi connectivity index (χ0v) is 16.9. The summed E-state index contributed by atoms with van der Waals surface area (Å²) in [5, 5.41) is 5.55. The van der Waals surface area contributed by atoms with E-state index in [9.17, 15) is 4.79 Å². The lowest BCUT2D eigenvalue weighted by Gasteiger charge is -2.38. The van der Waals surface area contributed by atoms with E-state index in [1.165, 1.54) is 17.7 Å². The number of rotatable bonds is 5. The molecule has 3 N–H and O–H groups in total. The average molecular weight is 406 g/mol. The van der Waals surface area contributed by atoms with E-state index in [1.54, 1.807) is 30.6 Å². The van der Waals surface area contributed by atoms with Crippen molar-refractivity contribution in [3.8, 4) is 5.75 Å². The Kier molecular flexibility index (Phi) is 5.30. The van der Waals surface area contributed by atoms with E-state index in [0.717, 1.165) is 19.4 Å². The molecule has 0 aliphatic carbocycles. The van der Waals surface area contributed by atoms with Gasteiger partial charge in [-0.3, -0.25) is 9.69 Å². The van der Waals surface area contributed by atoms with Crippen LogP contribution in [0.25, 0.3) is 0 Å². The molecule has 2 aliphatic heterocycles. The number of nitrogens with zero attached hydrogens (tertiary/aromatic N) is 1. The fourth-order valence-electron chi connectivity index (χ4n) is 4.40. The molecular formula is C20H24ClN3O2S. The third-order valence-electron chi connectivity index (χ3n) is 5.75. The number of hydrogen-bond donors (Lipinski definition) is 2. The van der Waals surface area contributed by atoms with Crippen molar-refractivity contribution < 1.29 is 9.53 Å². The molecule has 2 aliphatic rings. The number of carbonyl (C=O) groups excluding carboxylic acids is 1. The molecule has 7 heteroatoms. The third kappa shape index (κ3) is 3.79. The maximum atomic E-state index is 12.9. The molecular weight excluding hydrogens is 382 g/mol. The zero-order chi connectivity index (χ0) is 19.0. The van der Waals surface area contributed by atoms with Gasteiger partial charge in [0.2, 0.25) is 5.91 Å². The van der Waals surface area contributed by atoms with Gasteiger partial charge in [0, 0.05) is 35.5 Å². The fraction of sp³-hybridized carbons (Fsp3) is 0.450. The van der Waals surface area contributed by atoms with Gasteiger partial charge in [-0.15, -0.1) is 11.3 Å². The van der Waals surface area contributed by atoms with Crippen LogP contribution in [0.3, 0.4) is 0 Å². The van der Waals surface area contributed by atoms with Crippen LogP contribution in [0.1, 0.15) is 30.6 Å². The minimum atomic E-state index is 0.0168. The van der Waals surface area contributed by atoms with Crippen molar-refractivity contribution in [3.05, 3.63) is 39.5 Å². The maximum Gasteiger partial charge on any atom is 0.227 e. The van der Waals surface area contributed by atoms with Crippen LogP contribution in [0.15, 0.2) is 29.6 Å². The first kappa shape index (κ1) is 18.6. The molecule has 2 atom stereocenters. The molecule has 0 radical (unpaired) electrons. The highest BCUT2D eigenvalue weighted by Gasteiger charge is 2.42. The van der Waals surface area contributed by atoms with Crippen molar-refractivity contribution in [2.75, 3.05) is 18.2 Å². The summed E-state index contributed by atoms with van der Waals surface area (Å²) in [4.78, 5) is 16.9. The number of benzene rings is 1. The molecule has 2 aromatic rings. The van der Waals surface area contributed by atoms with Gasteiger partial charge in [-0.2, -0.15) is 0 Å². The summed E-state index contributed by atoms with van der Waals surface area (Å²) in [5.74, 6) is 0.591. The Hall–Kier alpha value is -1.76. The van der Waals surface area contributed by atoms with Gasteiger partial charge in [-0.1, -0.05) is 17.7 Å². The van der Waals surface area contributed by atoms with E-state index in [2.05, 4.69) is 27.7 Å². The summed E-state index contributed by atoms with van der Waals surface area (Å²) in [6.45, 7) is 1.00. The topological polar surface area (TPSA) is 67.6 Å². The Labute approximate surface area is 168 Å². The average Bonchev–Trinajstić information content (AvgIpc) is 3.23. The molecule has 0 spiro atoms. The summed E-state index contributed by atoms with van der Waals surface area (Å²) >= 11 is 7.92. The number of piperidine rings is 1. The van der Waals surface area contributed by atoms with Crippen LogP contribution >= 0.6 is 22.9 Å². The quantitative estimate of drug-likeness (QED) is 0.724. The lowest BCUT2D eigenvalue weighted by Crippen LogP contribution is -2.45. The van der Waals surface area contributed by atoms with E-state index >= 15 is 0 Å². The number of nitrogen functional groups attached to an aromatic ring is 1. The Balaban J connectivity index is 1.44. The van der Waals surface area contributed by atoms with Crippen LogP contribution in [-0.2, 0) is 11.3 Å². The van der Waals surface area contributed by atoms with Crippen molar-refractivity contribution in [1.29, 1.82) is 0 Å². The molecule has 2 bridgehead atoms. The number of methoxy groups -OCH3 is 1. The third-order valence-corrected chi connectivity index (χ3v) is 6.94. The summed E-state index contributed by atoms with van der Waals surface area (Å²) in [6, 6.07) is 8.57. The molecule has 2 unspecified atom stereocenters. The summed E-state index contributed by atoms with van der Waals surface area (Å²) in [7, 11) is 1.56. The first-order chi connectivity index (χ1) is 13.0. The predicted molar refractivity (Wildman–Crippen MR) is 110 cm³/mol. The van der Waals surface area contributed by atoms with Gasteiger partial charge in [0.15, 0.2) is 0 Å². The second kappa shape index (κ2) is 7.70. The van der Waals surface area contributed by atoms with Crippen LogP contribution in [0.4, 0.5) is 11.4 Å². The summed E-state index contributed by atoms with van der Waals surface area (Å²) in [6.07, 6.45) is 4.16.